The zero-order valence-electron chi connectivity index (χ0n) is 10.8. The van der Waals surface area contributed by atoms with Crippen LogP contribution in [0.2, 0.25) is 0 Å². The number of hydrogen-bond acceptors (Lipinski definition) is 3. The van der Waals surface area contributed by atoms with Gasteiger partial charge >= 0.3 is 0 Å². The summed E-state index contributed by atoms with van der Waals surface area (Å²) >= 11 is 1.71. The lowest BCUT2D eigenvalue weighted by Gasteiger charge is -2.30. The van der Waals surface area contributed by atoms with Crippen LogP contribution in [0.3, 0.4) is 0 Å². The minimum atomic E-state index is -0.122. The Labute approximate surface area is 112 Å². The smallest absolute Gasteiger partial charge is 0.245 e. The molecule has 4 heteroatoms. The van der Waals surface area contributed by atoms with E-state index in [0.717, 1.165) is 13.0 Å². The van der Waals surface area contributed by atoms with E-state index >= 15 is 0 Å². The molecular weight excluding hydrogens is 244 g/mol. The maximum atomic E-state index is 12.7. The number of nitrogens with one attached hydrogen (secondary N) is 1. The van der Waals surface area contributed by atoms with Crippen molar-refractivity contribution in [3.8, 4) is 0 Å². The van der Waals surface area contributed by atoms with E-state index in [9.17, 15) is 4.79 Å². The second-order valence-corrected chi connectivity index (χ2v) is 6.20. The molecule has 2 heterocycles. The summed E-state index contributed by atoms with van der Waals surface area (Å²) in [5.41, 5.74) is 1.35. The zero-order valence-corrected chi connectivity index (χ0v) is 11.6. The predicted octanol–water partition coefficient (Wildman–Crippen LogP) is 2.34. The Morgan fingerprint density at radius 3 is 2.89 bits per heavy atom. The number of rotatable bonds is 2. The minimum Gasteiger partial charge on any atom is -0.338 e. The van der Waals surface area contributed by atoms with Crippen molar-refractivity contribution in [2.45, 2.75) is 44.2 Å². The van der Waals surface area contributed by atoms with E-state index in [4.69, 9.17) is 0 Å². The van der Waals surface area contributed by atoms with Crippen molar-refractivity contribution in [1.29, 1.82) is 0 Å². The molecule has 1 aromatic rings. The molecule has 1 aromatic heterocycles. The zero-order chi connectivity index (χ0) is 12.5. The Kier molecular flexibility index (Phi) is 3.39. The molecule has 3 rings (SSSR count). The summed E-state index contributed by atoms with van der Waals surface area (Å²) in [4.78, 5) is 16.1. The fraction of sp³-hybridized carbons (Fsp3) is 0.643. The molecule has 0 saturated heterocycles. The number of likely N-dealkylation sites (N-methyl/N-ethyl adjacent to an activating group) is 1. The van der Waals surface area contributed by atoms with Gasteiger partial charge in [0, 0.05) is 17.5 Å². The monoisotopic (exact) mass is 264 g/mol. The third kappa shape index (κ3) is 1.97. The van der Waals surface area contributed by atoms with Crippen LogP contribution >= 0.6 is 11.3 Å². The van der Waals surface area contributed by atoms with E-state index in [1.54, 1.807) is 11.3 Å². The van der Waals surface area contributed by atoms with Gasteiger partial charge in [-0.3, -0.25) is 4.79 Å². The quantitative estimate of drug-likeness (QED) is 0.889. The van der Waals surface area contributed by atoms with E-state index in [1.807, 2.05) is 7.05 Å². The Hall–Kier alpha value is -0.870. The average Bonchev–Trinajstić information content (AvgIpc) is 3.01. The van der Waals surface area contributed by atoms with Crippen molar-refractivity contribution >= 4 is 17.2 Å². The normalized spacial score (nSPS) is 25.3. The molecule has 1 aliphatic heterocycles. The molecule has 0 aromatic carbocycles. The number of hydrogen-bond donors (Lipinski definition) is 1. The first kappa shape index (κ1) is 12.2. The third-order valence-corrected chi connectivity index (χ3v) is 5.27. The van der Waals surface area contributed by atoms with Crippen molar-refractivity contribution in [1.82, 2.24) is 10.2 Å². The molecule has 1 fully saturated rings. The topological polar surface area (TPSA) is 32.3 Å². The largest absolute Gasteiger partial charge is 0.338 e. The van der Waals surface area contributed by atoms with E-state index in [2.05, 4.69) is 21.7 Å². The highest BCUT2D eigenvalue weighted by Crippen LogP contribution is 2.33. The van der Waals surface area contributed by atoms with Crippen LogP contribution in [0, 0.1) is 0 Å². The molecule has 1 N–H and O–H groups in total. The first-order valence-corrected chi connectivity index (χ1v) is 7.73. The van der Waals surface area contributed by atoms with E-state index in [1.165, 1.54) is 36.1 Å². The second-order valence-electron chi connectivity index (χ2n) is 5.25. The Balaban J connectivity index is 1.88. The summed E-state index contributed by atoms with van der Waals surface area (Å²) in [6.45, 7) is 0.894. The maximum absolute atomic E-state index is 12.7. The number of amides is 1. The van der Waals surface area contributed by atoms with Gasteiger partial charge in [-0.25, -0.2) is 0 Å². The van der Waals surface area contributed by atoms with Gasteiger partial charge in [0.25, 0.3) is 0 Å². The molecule has 1 saturated carbocycles. The average molecular weight is 264 g/mol. The molecule has 0 bridgehead atoms. The van der Waals surface area contributed by atoms with Crippen LogP contribution in [0.1, 0.15) is 42.2 Å². The lowest BCUT2D eigenvalue weighted by molar-refractivity contribution is -0.135. The van der Waals surface area contributed by atoms with Crippen LogP contribution in [0.25, 0.3) is 0 Å². The van der Waals surface area contributed by atoms with Crippen molar-refractivity contribution in [2.24, 2.45) is 0 Å². The SMILES string of the molecule is CNC1C(=O)N(C2CCCC2)CCc2ccsc21. The summed E-state index contributed by atoms with van der Waals surface area (Å²) in [5, 5.41) is 5.31. The van der Waals surface area contributed by atoms with Crippen LogP contribution in [-0.2, 0) is 11.2 Å². The van der Waals surface area contributed by atoms with Crippen LogP contribution < -0.4 is 5.32 Å². The molecule has 3 nitrogen and oxygen atoms in total. The van der Waals surface area contributed by atoms with Crippen molar-refractivity contribution < 1.29 is 4.79 Å². The number of fused-ring (bicyclic) bond motifs is 1. The first-order valence-electron chi connectivity index (χ1n) is 6.85. The number of carbonyl (C=O) groups is 1. The highest BCUT2D eigenvalue weighted by atomic mass is 32.1. The Bertz CT molecular complexity index is 437. The molecule has 98 valence electrons. The second kappa shape index (κ2) is 5.02. The lowest BCUT2D eigenvalue weighted by Crippen LogP contribution is -2.44. The fourth-order valence-corrected chi connectivity index (χ4v) is 4.32. The van der Waals surface area contributed by atoms with Crippen molar-refractivity contribution in [2.75, 3.05) is 13.6 Å². The van der Waals surface area contributed by atoms with E-state index in [-0.39, 0.29) is 11.9 Å². The van der Waals surface area contributed by atoms with Gasteiger partial charge in [-0.1, -0.05) is 12.8 Å². The van der Waals surface area contributed by atoms with Crippen LogP contribution in [0.5, 0.6) is 0 Å². The summed E-state index contributed by atoms with van der Waals surface area (Å²) in [6, 6.07) is 2.54. The van der Waals surface area contributed by atoms with Crippen LogP contribution in [0.15, 0.2) is 11.4 Å². The number of carbonyl (C=O) groups excluding carboxylic acids is 1. The molecule has 0 radical (unpaired) electrons. The summed E-state index contributed by atoms with van der Waals surface area (Å²) in [5.74, 6) is 0.283. The van der Waals surface area contributed by atoms with Gasteiger partial charge in [0.15, 0.2) is 0 Å². The van der Waals surface area contributed by atoms with Crippen LogP contribution in [-0.4, -0.2) is 30.4 Å². The molecule has 18 heavy (non-hydrogen) atoms. The highest BCUT2D eigenvalue weighted by molar-refractivity contribution is 7.10. The Morgan fingerprint density at radius 2 is 2.17 bits per heavy atom. The molecular formula is C14H20N2OS. The Morgan fingerprint density at radius 1 is 1.39 bits per heavy atom. The minimum absolute atomic E-state index is 0.122. The van der Waals surface area contributed by atoms with E-state index in [0.29, 0.717) is 6.04 Å². The lowest BCUT2D eigenvalue weighted by atomic mass is 10.1. The molecule has 2 aliphatic rings. The number of nitrogens with zero attached hydrogens (tertiary/aromatic N) is 1. The molecule has 1 atom stereocenters. The van der Waals surface area contributed by atoms with Crippen molar-refractivity contribution in [3.63, 3.8) is 0 Å². The maximum Gasteiger partial charge on any atom is 0.245 e. The predicted molar refractivity (Wildman–Crippen MR) is 73.8 cm³/mol. The van der Waals surface area contributed by atoms with Gasteiger partial charge in [-0.15, -0.1) is 11.3 Å². The highest BCUT2D eigenvalue weighted by Gasteiger charge is 2.35. The molecule has 1 unspecified atom stereocenters. The summed E-state index contributed by atoms with van der Waals surface area (Å²) in [7, 11) is 1.89. The molecule has 0 spiro atoms. The van der Waals surface area contributed by atoms with Gasteiger partial charge in [-0.2, -0.15) is 0 Å². The van der Waals surface area contributed by atoms with Gasteiger partial charge in [-0.05, 0) is 43.3 Å². The molecule has 1 amide bonds. The summed E-state index contributed by atoms with van der Waals surface area (Å²) in [6.07, 6.45) is 5.95. The van der Waals surface area contributed by atoms with Gasteiger partial charge in [0.1, 0.15) is 6.04 Å². The third-order valence-electron chi connectivity index (χ3n) is 4.25. The number of thiophene rings is 1. The van der Waals surface area contributed by atoms with Crippen LogP contribution in [0.4, 0.5) is 0 Å². The standard InChI is InChI=1S/C14H20N2OS/c1-15-12-13-10(7-9-18-13)6-8-16(14(12)17)11-4-2-3-5-11/h7,9,11-12,15H,2-6,8H2,1H3. The first-order chi connectivity index (χ1) is 8.81. The van der Waals surface area contributed by atoms with Gasteiger partial charge in [0.05, 0.1) is 0 Å². The molecule has 1 aliphatic carbocycles. The summed E-state index contributed by atoms with van der Waals surface area (Å²) < 4.78 is 0. The van der Waals surface area contributed by atoms with Gasteiger partial charge in [0.2, 0.25) is 5.91 Å². The fourth-order valence-electron chi connectivity index (χ4n) is 3.27. The van der Waals surface area contributed by atoms with Crippen molar-refractivity contribution in [3.05, 3.63) is 21.9 Å². The van der Waals surface area contributed by atoms with E-state index < -0.39 is 0 Å². The van der Waals surface area contributed by atoms with Gasteiger partial charge < -0.3 is 10.2 Å².